The largest absolute Gasteiger partial charge is 0.497 e. The second-order valence-electron chi connectivity index (χ2n) is 4.98. The van der Waals surface area contributed by atoms with Crippen LogP contribution in [0.4, 0.5) is 0 Å². The molecule has 1 unspecified atom stereocenters. The van der Waals surface area contributed by atoms with E-state index in [-0.39, 0.29) is 0 Å². The number of hydrogen-bond acceptors (Lipinski definition) is 2. The molecule has 1 N–H and O–H groups in total. The molecule has 0 aliphatic heterocycles. The molecule has 0 amide bonds. The molecular weight excluding hydrogens is 222 g/mol. The summed E-state index contributed by atoms with van der Waals surface area (Å²) in [4.78, 5) is 0. The van der Waals surface area contributed by atoms with Gasteiger partial charge in [0.1, 0.15) is 5.75 Å². The quantitative estimate of drug-likeness (QED) is 0.664. The number of unbranched alkanes of at least 4 members (excludes halogenated alkanes) is 3. The maximum Gasteiger partial charge on any atom is 0.118 e. The average molecular weight is 249 g/mol. The maximum atomic E-state index is 5.15. The van der Waals surface area contributed by atoms with Gasteiger partial charge in [-0.1, -0.05) is 44.7 Å². The average Bonchev–Trinajstić information content (AvgIpc) is 2.42. The van der Waals surface area contributed by atoms with Gasteiger partial charge in [0.15, 0.2) is 0 Å². The van der Waals surface area contributed by atoms with Crippen molar-refractivity contribution in [2.24, 2.45) is 0 Å². The Kier molecular flexibility index (Phi) is 7.51. The van der Waals surface area contributed by atoms with E-state index in [1.165, 1.54) is 37.7 Å². The van der Waals surface area contributed by atoms with Gasteiger partial charge in [-0.15, -0.1) is 0 Å². The molecule has 0 fully saturated rings. The number of nitrogens with one attached hydrogen (secondary N) is 1. The molecule has 0 aliphatic rings. The lowest BCUT2D eigenvalue weighted by Crippen LogP contribution is -2.25. The van der Waals surface area contributed by atoms with E-state index in [0.29, 0.717) is 6.04 Å². The number of benzene rings is 1. The first-order chi connectivity index (χ1) is 8.76. The summed E-state index contributed by atoms with van der Waals surface area (Å²) < 4.78 is 5.15. The minimum absolute atomic E-state index is 0.601. The van der Waals surface area contributed by atoms with Crippen molar-refractivity contribution in [1.82, 2.24) is 5.32 Å². The molecule has 0 heterocycles. The number of ether oxygens (including phenoxy) is 1. The van der Waals surface area contributed by atoms with E-state index in [0.717, 1.165) is 12.3 Å². The Morgan fingerprint density at radius 1 is 1.11 bits per heavy atom. The predicted octanol–water partition coefficient (Wildman–Crippen LogP) is 4.14. The Hall–Kier alpha value is -1.02. The van der Waals surface area contributed by atoms with E-state index < -0.39 is 0 Å². The van der Waals surface area contributed by atoms with E-state index in [4.69, 9.17) is 4.74 Å². The molecule has 1 aromatic carbocycles. The van der Waals surface area contributed by atoms with Gasteiger partial charge in [-0.3, -0.25) is 0 Å². The summed E-state index contributed by atoms with van der Waals surface area (Å²) in [5, 5.41) is 3.57. The molecule has 1 aromatic rings. The molecule has 0 saturated carbocycles. The Balaban J connectivity index is 2.18. The van der Waals surface area contributed by atoms with Crippen LogP contribution >= 0.6 is 0 Å². The lowest BCUT2D eigenvalue weighted by Gasteiger charge is -2.13. The van der Waals surface area contributed by atoms with Crippen LogP contribution in [-0.2, 0) is 6.54 Å². The zero-order valence-electron chi connectivity index (χ0n) is 12.0. The highest BCUT2D eigenvalue weighted by atomic mass is 16.5. The monoisotopic (exact) mass is 249 g/mol. The SMILES string of the molecule is CCCCCCC(C)NCc1ccc(OC)cc1. The van der Waals surface area contributed by atoms with Crippen molar-refractivity contribution in [3.05, 3.63) is 29.8 Å². The Morgan fingerprint density at radius 3 is 2.44 bits per heavy atom. The molecule has 1 rings (SSSR count). The Labute approximate surface area is 112 Å². The van der Waals surface area contributed by atoms with Crippen molar-refractivity contribution < 1.29 is 4.74 Å². The van der Waals surface area contributed by atoms with Crippen LogP contribution in [0.15, 0.2) is 24.3 Å². The van der Waals surface area contributed by atoms with Crippen molar-refractivity contribution in [3.63, 3.8) is 0 Å². The topological polar surface area (TPSA) is 21.3 Å². The van der Waals surface area contributed by atoms with Gasteiger partial charge < -0.3 is 10.1 Å². The fourth-order valence-electron chi connectivity index (χ4n) is 2.01. The van der Waals surface area contributed by atoms with E-state index >= 15 is 0 Å². The first-order valence-corrected chi connectivity index (χ1v) is 7.12. The number of hydrogen-bond donors (Lipinski definition) is 1. The second-order valence-corrected chi connectivity index (χ2v) is 4.98. The van der Waals surface area contributed by atoms with Crippen molar-refractivity contribution in [2.75, 3.05) is 7.11 Å². The molecule has 0 saturated heterocycles. The third-order valence-corrected chi connectivity index (χ3v) is 3.30. The van der Waals surface area contributed by atoms with Crippen LogP contribution in [0.5, 0.6) is 5.75 Å². The van der Waals surface area contributed by atoms with E-state index in [1.54, 1.807) is 7.11 Å². The van der Waals surface area contributed by atoms with E-state index in [9.17, 15) is 0 Å². The van der Waals surface area contributed by atoms with Crippen LogP contribution in [0.2, 0.25) is 0 Å². The zero-order chi connectivity index (χ0) is 13.2. The zero-order valence-corrected chi connectivity index (χ0v) is 12.0. The molecule has 0 aliphatic carbocycles. The van der Waals surface area contributed by atoms with Gasteiger partial charge in [0.25, 0.3) is 0 Å². The molecule has 0 bridgehead atoms. The molecule has 102 valence electrons. The second kappa shape index (κ2) is 8.98. The molecule has 2 heteroatoms. The summed E-state index contributed by atoms with van der Waals surface area (Å²) >= 11 is 0. The van der Waals surface area contributed by atoms with Crippen LogP contribution in [-0.4, -0.2) is 13.2 Å². The standard InChI is InChI=1S/C16H27NO/c1-4-5-6-7-8-14(2)17-13-15-9-11-16(18-3)12-10-15/h9-12,14,17H,4-8,13H2,1-3H3. The van der Waals surface area contributed by atoms with Crippen LogP contribution in [0.25, 0.3) is 0 Å². The van der Waals surface area contributed by atoms with Crippen molar-refractivity contribution in [1.29, 1.82) is 0 Å². The van der Waals surface area contributed by atoms with Crippen molar-refractivity contribution in [2.45, 2.75) is 58.5 Å². The normalized spacial score (nSPS) is 12.4. The minimum atomic E-state index is 0.601. The first kappa shape index (κ1) is 15.0. The summed E-state index contributed by atoms with van der Waals surface area (Å²) in [6.07, 6.45) is 6.66. The molecule has 0 spiro atoms. The molecule has 1 atom stereocenters. The van der Waals surface area contributed by atoms with Crippen LogP contribution in [0.3, 0.4) is 0 Å². The minimum Gasteiger partial charge on any atom is -0.497 e. The molecular formula is C16H27NO. The Morgan fingerprint density at radius 2 is 1.83 bits per heavy atom. The molecule has 18 heavy (non-hydrogen) atoms. The highest BCUT2D eigenvalue weighted by Crippen LogP contribution is 2.11. The third-order valence-electron chi connectivity index (χ3n) is 3.30. The lowest BCUT2D eigenvalue weighted by atomic mass is 10.1. The van der Waals surface area contributed by atoms with Crippen LogP contribution in [0.1, 0.15) is 51.5 Å². The number of rotatable bonds is 9. The highest BCUT2D eigenvalue weighted by molar-refractivity contribution is 5.26. The van der Waals surface area contributed by atoms with E-state index in [2.05, 4.69) is 31.3 Å². The number of methoxy groups -OCH3 is 1. The third kappa shape index (κ3) is 6.06. The summed E-state index contributed by atoms with van der Waals surface area (Å²) in [5.41, 5.74) is 1.32. The van der Waals surface area contributed by atoms with Gasteiger partial charge in [-0.05, 0) is 31.0 Å². The smallest absolute Gasteiger partial charge is 0.118 e. The molecule has 2 nitrogen and oxygen atoms in total. The lowest BCUT2D eigenvalue weighted by molar-refractivity contribution is 0.414. The summed E-state index contributed by atoms with van der Waals surface area (Å²) in [7, 11) is 1.70. The first-order valence-electron chi connectivity index (χ1n) is 7.12. The van der Waals surface area contributed by atoms with Gasteiger partial charge in [0.2, 0.25) is 0 Å². The van der Waals surface area contributed by atoms with Crippen molar-refractivity contribution in [3.8, 4) is 5.75 Å². The van der Waals surface area contributed by atoms with Gasteiger partial charge in [-0.25, -0.2) is 0 Å². The fourth-order valence-corrected chi connectivity index (χ4v) is 2.01. The molecule has 0 aromatic heterocycles. The van der Waals surface area contributed by atoms with Crippen LogP contribution < -0.4 is 10.1 Å². The predicted molar refractivity (Wildman–Crippen MR) is 78.1 cm³/mol. The van der Waals surface area contributed by atoms with Crippen molar-refractivity contribution >= 4 is 0 Å². The van der Waals surface area contributed by atoms with Gasteiger partial charge >= 0.3 is 0 Å². The summed E-state index contributed by atoms with van der Waals surface area (Å²) in [6, 6.07) is 8.88. The molecule has 0 radical (unpaired) electrons. The summed E-state index contributed by atoms with van der Waals surface area (Å²) in [5.74, 6) is 0.923. The van der Waals surface area contributed by atoms with E-state index in [1.807, 2.05) is 12.1 Å². The van der Waals surface area contributed by atoms with Gasteiger partial charge in [-0.2, -0.15) is 0 Å². The highest BCUT2D eigenvalue weighted by Gasteiger charge is 2.01. The fraction of sp³-hybridized carbons (Fsp3) is 0.625. The Bertz CT molecular complexity index is 307. The van der Waals surface area contributed by atoms with Crippen LogP contribution in [0, 0.1) is 0 Å². The summed E-state index contributed by atoms with van der Waals surface area (Å²) in [6.45, 7) is 5.47. The van der Waals surface area contributed by atoms with Gasteiger partial charge in [0.05, 0.1) is 7.11 Å². The van der Waals surface area contributed by atoms with Gasteiger partial charge in [0, 0.05) is 12.6 Å². The maximum absolute atomic E-state index is 5.15.